The van der Waals surface area contributed by atoms with Gasteiger partial charge >= 0.3 is 12.3 Å². The Morgan fingerprint density at radius 3 is 2.35 bits per heavy atom. The molecule has 124 valence electrons. The van der Waals surface area contributed by atoms with Crippen molar-refractivity contribution >= 4 is 23.3 Å². The largest absolute Gasteiger partial charge is 0.515 e. The number of nitrogens with zero attached hydrogens (tertiary/aromatic N) is 3. The third-order valence-electron chi connectivity index (χ3n) is 2.83. The van der Waals surface area contributed by atoms with Crippen LogP contribution >= 0.6 is 0 Å². The Balaban J connectivity index is 2.44. The molecular weight excluding hydrogens is 306 g/mol. The Bertz CT molecular complexity index is 680. The number of rotatable bonds is 4. The third kappa shape index (κ3) is 3.68. The van der Waals surface area contributed by atoms with Gasteiger partial charge in [0.05, 0.1) is 18.9 Å². The molecule has 0 saturated heterocycles. The fourth-order valence-electron chi connectivity index (χ4n) is 1.92. The zero-order valence-electron chi connectivity index (χ0n) is 13.3. The molecule has 0 unspecified atom stereocenters. The van der Waals surface area contributed by atoms with Crippen LogP contribution in [0, 0.1) is 6.92 Å². The maximum absolute atomic E-state index is 11.5. The first-order valence-corrected chi connectivity index (χ1v) is 6.99. The molecule has 0 bridgehead atoms. The predicted octanol–water partition coefficient (Wildman–Crippen LogP) is 2.35. The molecule has 0 aromatic carbocycles. The van der Waals surface area contributed by atoms with E-state index < -0.39 is 12.3 Å². The van der Waals surface area contributed by atoms with Crippen LogP contribution in [0.2, 0.25) is 0 Å². The average Bonchev–Trinajstić information content (AvgIpc) is 2.74. The molecule has 0 aliphatic rings. The lowest BCUT2D eigenvalue weighted by Gasteiger charge is -2.09. The van der Waals surface area contributed by atoms with Crippen LogP contribution in [0.5, 0.6) is 11.6 Å². The number of pyridine rings is 1. The van der Waals surface area contributed by atoms with Crippen molar-refractivity contribution in [3.05, 3.63) is 11.8 Å². The molecule has 23 heavy (non-hydrogen) atoms. The molecule has 0 amide bonds. The van der Waals surface area contributed by atoms with Gasteiger partial charge in [-0.25, -0.2) is 9.59 Å². The smallest absolute Gasteiger partial charge is 0.434 e. The fourth-order valence-corrected chi connectivity index (χ4v) is 1.92. The summed E-state index contributed by atoms with van der Waals surface area (Å²) in [7, 11) is 1.70. The van der Waals surface area contributed by atoms with E-state index in [1.807, 2.05) is 0 Å². The van der Waals surface area contributed by atoms with E-state index in [1.165, 1.54) is 10.7 Å². The summed E-state index contributed by atoms with van der Waals surface area (Å²) < 4.78 is 21.0. The van der Waals surface area contributed by atoms with Crippen LogP contribution < -0.4 is 9.47 Å². The van der Waals surface area contributed by atoms with Crippen molar-refractivity contribution < 1.29 is 28.5 Å². The number of carbonyl (C=O) groups excluding carboxylic acids is 2. The first-order chi connectivity index (χ1) is 11.0. The van der Waals surface area contributed by atoms with Gasteiger partial charge in [-0.3, -0.25) is 4.68 Å². The molecule has 0 aliphatic carbocycles. The van der Waals surface area contributed by atoms with Crippen molar-refractivity contribution in [3.8, 4) is 11.6 Å². The molecule has 0 N–H and O–H groups in total. The van der Waals surface area contributed by atoms with Gasteiger partial charge in [0.1, 0.15) is 0 Å². The highest BCUT2D eigenvalue weighted by Crippen LogP contribution is 2.31. The Morgan fingerprint density at radius 2 is 1.74 bits per heavy atom. The first-order valence-electron chi connectivity index (χ1n) is 6.99. The minimum atomic E-state index is -0.952. The van der Waals surface area contributed by atoms with Gasteiger partial charge < -0.3 is 18.9 Å². The minimum Gasteiger partial charge on any atom is -0.434 e. The van der Waals surface area contributed by atoms with Crippen LogP contribution in [0.3, 0.4) is 0 Å². The van der Waals surface area contributed by atoms with E-state index in [1.54, 1.807) is 27.8 Å². The summed E-state index contributed by atoms with van der Waals surface area (Å²) in [6.45, 7) is 5.35. The van der Waals surface area contributed by atoms with E-state index in [4.69, 9.17) is 18.9 Å². The number of carbonyl (C=O) groups is 2. The molecule has 0 saturated carbocycles. The first kappa shape index (κ1) is 16.5. The van der Waals surface area contributed by atoms with Crippen molar-refractivity contribution in [2.24, 2.45) is 7.05 Å². The SMILES string of the molecule is CCOC(=O)Oc1cc2c(C)nn(C)c2nc1OC(=O)OCC. The number of aromatic nitrogens is 3. The summed E-state index contributed by atoms with van der Waals surface area (Å²) in [6.07, 6.45) is -1.88. The van der Waals surface area contributed by atoms with Crippen LogP contribution in [0.15, 0.2) is 6.07 Å². The van der Waals surface area contributed by atoms with Gasteiger partial charge in [-0.1, -0.05) is 0 Å². The number of ether oxygens (including phenoxy) is 4. The average molecular weight is 323 g/mol. The molecule has 2 rings (SSSR count). The molecule has 0 aliphatic heterocycles. The lowest BCUT2D eigenvalue weighted by atomic mass is 10.2. The second-order valence-electron chi connectivity index (χ2n) is 4.44. The van der Waals surface area contributed by atoms with Gasteiger partial charge in [0.2, 0.25) is 0 Å². The molecule has 2 aromatic rings. The standard InChI is InChI=1S/C14H17N3O6/c1-5-20-13(18)22-10-7-9-8(3)16-17(4)11(9)15-12(10)23-14(19)21-6-2/h7H,5-6H2,1-4H3. The monoisotopic (exact) mass is 323 g/mol. The quantitative estimate of drug-likeness (QED) is 0.790. The highest BCUT2D eigenvalue weighted by molar-refractivity contribution is 5.82. The van der Waals surface area contributed by atoms with E-state index in [-0.39, 0.29) is 24.8 Å². The van der Waals surface area contributed by atoms with Gasteiger partial charge in [0.15, 0.2) is 11.4 Å². The van der Waals surface area contributed by atoms with Gasteiger partial charge in [-0.2, -0.15) is 10.1 Å². The second kappa shape index (κ2) is 6.95. The Morgan fingerprint density at radius 1 is 1.13 bits per heavy atom. The maximum Gasteiger partial charge on any atom is 0.515 e. The summed E-state index contributed by atoms with van der Waals surface area (Å²) in [5, 5.41) is 4.87. The van der Waals surface area contributed by atoms with E-state index >= 15 is 0 Å². The van der Waals surface area contributed by atoms with Crippen molar-refractivity contribution in [1.29, 1.82) is 0 Å². The Kier molecular flexibility index (Phi) is 4.99. The Hall–Kier alpha value is -2.84. The van der Waals surface area contributed by atoms with Crippen LogP contribution in [0.1, 0.15) is 19.5 Å². The van der Waals surface area contributed by atoms with Crippen molar-refractivity contribution in [2.45, 2.75) is 20.8 Å². The lowest BCUT2D eigenvalue weighted by Crippen LogP contribution is -2.15. The minimum absolute atomic E-state index is 0.0555. The van der Waals surface area contributed by atoms with Crippen molar-refractivity contribution in [2.75, 3.05) is 13.2 Å². The van der Waals surface area contributed by atoms with Gasteiger partial charge in [-0.15, -0.1) is 0 Å². The fraction of sp³-hybridized carbons (Fsp3) is 0.429. The molecule has 9 heteroatoms. The molecule has 2 heterocycles. The molecule has 0 spiro atoms. The molecule has 0 radical (unpaired) electrons. The van der Waals surface area contributed by atoms with Crippen LogP contribution in [0.4, 0.5) is 9.59 Å². The van der Waals surface area contributed by atoms with Crippen LogP contribution in [-0.2, 0) is 16.5 Å². The normalized spacial score (nSPS) is 10.4. The van der Waals surface area contributed by atoms with Crippen LogP contribution in [-0.4, -0.2) is 40.3 Å². The number of hydrogen-bond donors (Lipinski definition) is 0. The van der Waals surface area contributed by atoms with E-state index in [2.05, 4.69) is 10.1 Å². The zero-order valence-corrected chi connectivity index (χ0v) is 13.3. The van der Waals surface area contributed by atoms with Crippen molar-refractivity contribution in [3.63, 3.8) is 0 Å². The number of fused-ring (bicyclic) bond motifs is 1. The molecule has 9 nitrogen and oxygen atoms in total. The third-order valence-corrected chi connectivity index (χ3v) is 2.83. The molecule has 0 fully saturated rings. The maximum atomic E-state index is 11.5. The van der Waals surface area contributed by atoms with Crippen LogP contribution in [0.25, 0.3) is 11.0 Å². The highest BCUT2D eigenvalue weighted by atomic mass is 16.7. The highest BCUT2D eigenvalue weighted by Gasteiger charge is 2.20. The van der Waals surface area contributed by atoms with Gasteiger partial charge in [0, 0.05) is 12.4 Å². The summed E-state index contributed by atoms with van der Waals surface area (Å²) >= 11 is 0. The van der Waals surface area contributed by atoms with Gasteiger partial charge in [-0.05, 0) is 26.8 Å². The number of hydrogen-bond acceptors (Lipinski definition) is 8. The summed E-state index contributed by atoms with van der Waals surface area (Å²) in [6, 6.07) is 1.51. The summed E-state index contributed by atoms with van der Waals surface area (Å²) in [5.74, 6) is -0.257. The summed E-state index contributed by atoms with van der Waals surface area (Å²) in [4.78, 5) is 27.2. The lowest BCUT2D eigenvalue weighted by molar-refractivity contribution is 0.0926. The predicted molar refractivity (Wildman–Crippen MR) is 78.5 cm³/mol. The molecular formula is C14H17N3O6. The summed E-state index contributed by atoms with van der Waals surface area (Å²) in [5.41, 5.74) is 1.16. The molecule has 0 atom stereocenters. The van der Waals surface area contributed by atoms with Gasteiger partial charge in [0.25, 0.3) is 5.88 Å². The van der Waals surface area contributed by atoms with Crippen molar-refractivity contribution in [1.82, 2.24) is 14.8 Å². The molecule has 2 aromatic heterocycles. The van der Waals surface area contributed by atoms with E-state index in [9.17, 15) is 9.59 Å². The Labute approximate surface area is 132 Å². The van der Waals surface area contributed by atoms with E-state index in [0.717, 1.165) is 0 Å². The topological polar surface area (TPSA) is 102 Å². The number of aryl methyl sites for hydroxylation is 2. The van der Waals surface area contributed by atoms with E-state index in [0.29, 0.717) is 16.7 Å². The second-order valence-corrected chi connectivity index (χ2v) is 4.44. The zero-order chi connectivity index (χ0) is 17.0.